The molecule has 4 N–H and O–H groups in total. The molecule has 2 aromatic heterocycles. The van der Waals surface area contributed by atoms with Gasteiger partial charge in [0.2, 0.25) is 5.91 Å². The number of primary amides is 1. The largest absolute Gasteiger partial charge is 0.380 e. The molecule has 152 valence electrons. The number of nitrogens with zero attached hydrogens (tertiary/aromatic N) is 5. The lowest BCUT2D eigenvalue weighted by molar-refractivity contribution is 0.0458. The number of benzene rings is 1. The Morgan fingerprint density at radius 2 is 1.97 bits per heavy atom. The topological polar surface area (TPSA) is 127 Å². The first-order valence-electron chi connectivity index (χ1n) is 9.62. The lowest BCUT2D eigenvalue weighted by atomic mass is 9.83. The van der Waals surface area contributed by atoms with Crippen molar-refractivity contribution in [3.63, 3.8) is 0 Å². The van der Waals surface area contributed by atoms with Gasteiger partial charge >= 0.3 is 0 Å². The Morgan fingerprint density at radius 1 is 1.21 bits per heavy atom. The summed E-state index contributed by atoms with van der Waals surface area (Å²) in [6.45, 7) is 0. The molecule has 1 aliphatic rings. The van der Waals surface area contributed by atoms with Crippen LogP contribution in [-0.4, -0.2) is 49.7 Å². The molecule has 0 aliphatic heterocycles. The highest BCUT2D eigenvalue weighted by atomic mass is 16.5. The van der Waals surface area contributed by atoms with Crippen LogP contribution < -0.4 is 11.5 Å². The van der Waals surface area contributed by atoms with E-state index in [-0.39, 0.29) is 18.1 Å². The predicted molar refractivity (Wildman–Crippen MR) is 107 cm³/mol. The van der Waals surface area contributed by atoms with Crippen molar-refractivity contribution < 1.29 is 9.53 Å². The van der Waals surface area contributed by atoms with Gasteiger partial charge in [0, 0.05) is 43.3 Å². The number of carbonyl (C=O) groups excluding carboxylic acids is 1. The molecule has 0 radical (unpaired) electrons. The number of hydrogen-bond acceptors (Lipinski definition) is 6. The molecule has 9 nitrogen and oxygen atoms in total. The van der Waals surface area contributed by atoms with Gasteiger partial charge in [0.1, 0.15) is 5.82 Å². The summed E-state index contributed by atoms with van der Waals surface area (Å²) in [6, 6.07) is 8.92. The van der Waals surface area contributed by atoms with Crippen LogP contribution >= 0.6 is 0 Å². The average molecular weight is 395 g/mol. The third-order valence-electron chi connectivity index (χ3n) is 5.58. The molecule has 1 aliphatic carbocycles. The number of aromatic nitrogens is 5. The molecular formula is C20H25N7O2. The minimum Gasteiger partial charge on any atom is -0.380 e. The molecule has 1 saturated carbocycles. The first-order valence-corrected chi connectivity index (χ1v) is 9.62. The first-order chi connectivity index (χ1) is 14.0. The fourth-order valence-electron chi connectivity index (χ4n) is 3.90. The van der Waals surface area contributed by atoms with E-state index in [1.54, 1.807) is 30.1 Å². The molecule has 9 heteroatoms. The van der Waals surface area contributed by atoms with E-state index in [1.165, 1.54) is 0 Å². The molecule has 3 aromatic rings. The first kappa shape index (κ1) is 19.3. The van der Waals surface area contributed by atoms with Crippen LogP contribution in [-0.2, 0) is 11.8 Å². The van der Waals surface area contributed by atoms with Crippen LogP contribution in [0.3, 0.4) is 0 Å². The summed E-state index contributed by atoms with van der Waals surface area (Å²) >= 11 is 0. The van der Waals surface area contributed by atoms with E-state index in [2.05, 4.69) is 5.10 Å². The molecule has 2 heterocycles. The van der Waals surface area contributed by atoms with Crippen LogP contribution in [0.4, 0.5) is 0 Å². The van der Waals surface area contributed by atoms with E-state index in [0.717, 1.165) is 36.5 Å². The number of hydrogen-bond donors (Lipinski definition) is 2. The number of carbonyl (C=O) groups is 1. The second-order valence-electron chi connectivity index (χ2n) is 7.41. The monoisotopic (exact) mass is 395 g/mol. The average Bonchev–Trinajstić information content (AvgIpc) is 3.34. The predicted octanol–water partition coefficient (Wildman–Crippen LogP) is 1.38. The normalized spacial score (nSPS) is 22.0. The van der Waals surface area contributed by atoms with Crippen molar-refractivity contribution >= 4 is 5.91 Å². The second kappa shape index (κ2) is 7.76. The Kier molecular flexibility index (Phi) is 5.16. The Labute approximate surface area is 168 Å². The zero-order valence-corrected chi connectivity index (χ0v) is 16.5. The lowest BCUT2D eigenvalue weighted by Gasteiger charge is -2.32. The number of aryl methyl sites for hydroxylation is 1. The molecule has 1 fully saturated rings. The highest BCUT2D eigenvalue weighted by Gasteiger charge is 2.33. The maximum atomic E-state index is 11.3. The van der Waals surface area contributed by atoms with Crippen LogP contribution in [0.5, 0.6) is 0 Å². The van der Waals surface area contributed by atoms with Gasteiger partial charge in [0.15, 0.2) is 11.6 Å². The smallest absolute Gasteiger partial charge is 0.248 e. The SMILES string of the molecule is CO[C@H]1C[C@@H](c2nc(-c3ccc(C(N)=O)cc3)nn2-c2ccnn2C)CC[C@@H]1N. The number of amides is 1. The van der Waals surface area contributed by atoms with Crippen LogP contribution in [0.2, 0.25) is 0 Å². The van der Waals surface area contributed by atoms with Crippen molar-refractivity contribution in [3.8, 4) is 17.2 Å². The highest BCUT2D eigenvalue weighted by molar-refractivity contribution is 5.93. The van der Waals surface area contributed by atoms with Gasteiger partial charge in [0.05, 0.1) is 12.3 Å². The van der Waals surface area contributed by atoms with E-state index in [4.69, 9.17) is 26.3 Å². The number of ether oxygens (including phenoxy) is 1. The molecule has 0 unspecified atom stereocenters. The minimum absolute atomic E-state index is 0.0104. The molecule has 0 spiro atoms. The Bertz CT molecular complexity index is 1010. The molecule has 0 bridgehead atoms. The fourth-order valence-corrected chi connectivity index (χ4v) is 3.90. The Balaban J connectivity index is 1.75. The second-order valence-corrected chi connectivity index (χ2v) is 7.41. The van der Waals surface area contributed by atoms with Crippen LogP contribution in [0, 0.1) is 0 Å². The number of rotatable bonds is 5. The highest BCUT2D eigenvalue weighted by Crippen LogP contribution is 2.34. The summed E-state index contributed by atoms with van der Waals surface area (Å²) in [5.74, 6) is 1.98. The summed E-state index contributed by atoms with van der Waals surface area (Å²) in [4.78, 5) is 16.2. The standard InChI is InChI=1S/C20H25N7O2/c1-26-17(9-10-23-26)27-20(14-7-8-15(21)16(11-14)29-2)24-19(25-27)13-5-3-12(4-6-13)18(22)28/h3-6,9-10,14-16H,7-8,11,21H2,1-2H3,(H2,22,28)/t14-,15-,16-/m0/s1. The van der Waals surface area contributed by atoms with Gasteiger partial charge in [-0.2, -0.15) is 9.78 Å². The van der Waals surface area contributed by atoms with Crippen LogP contribution in [0.15, 0.2) is 36.5 Å². The number of methoxy groups -OCH3 is 1. The van der Waals surface area contributed by atoms with Gasteiger partial charge in [-0.25, -0.2) is 4.98 Å². The third-order valence-corrected chi connectivity index (χ3v) is 5.58. The van der Waals surface area contributed by atoms with Crippen molar-refractivity contribution in [2.75, 3.05) is 7.11 Å². The minimum atomic E-state index is -0.463. The van der Waals surface area contributed by atoms with E-state index < -0.39 is 5.91 Å². The summed E-state index contributed by atoms with van der Waals surface area (Å²) < 4.78 is 9.20. The summed E-state index contributed by atoms with van der Waals surface area (Å²) in [5, 5.41) is 9.03. The third kappa shape index (κ3) is 3.66. The maximum Gasteiger partial charge on any atom is 0.248 e. The molecule has 0 saturated heterocycles. The van der Waals surface area contributed by atoms with E-state index >= 15 is 0 Å². The summed E-state index contributed by atoms with van der Waals surface area (Å²) in [7, 11) is 3.57. The van der Waals surface area contributed by atoms with Gasteiger partial charge in [-0.15, -0.1) is 5.10 Å². The maximum absolute atomic E-state index is 11.3. The van der Waals surface area contributed by atoms with Crippen LogP contribution in [0.1, 0.15) is 41.4 Å². The Hall–Kier alpha value is -3.04. The van der Waals surface area contributed by atoms with Crippen molar-refractivity contribution in [2.45, 2.75) is 37.3 Å². The van der Waals surface area contributed by atoms with Crippen LogP contribution in [0.25, 0.3) is 17.2 Å². The van der Waals surface area contributed by atoms with E-state index in [1.807, 2.05) is 29.9 Å². The van der Waals surface area contributed by atoms with Crippen molar-refractivity contribution in [2.24, 2.45) is 18.5 Å². The molecular weight excluding hydrogens is 370 g/mol. The molecule has 4 rings (SSSR count). The van der Waals surface area contributed by atoms with E-state index in [9.17, 15) is 4.79 Å². The summed E-state index contributed by atoms with van der Waals surface area (Å²) in [6.07, 6.45) is 4.29. The van der Waals surface area contributed by atoms with Crippen molar-refractivity contribution in [3.05, 3.63) is 47.9 Å². The van der Waals surface area contributed by atoms with Gasteiger partial charge in [-0.1, -0.05) is 12.1 Å². The molecule has 1 aromatic carbocycles. The van der Waals surface area contributed by atoms with Gasteiger partial charge < -0.3 is 16.2 Å². The fraction of sp³-hybridized carbons (Fsp3) is 0.400. The zero-order valence-electron chi connectivity index (χ0n) is 16.5. The van der Waals surface area contributed by atoms with Gasteiger partial charge in [0.25, 0.3) is 0 Å². The quantitative estimate of drug-likeness (QED) is 0.672. The molecule has 29 heavy (non-hydrogen) atoms. The van der Waals surface area contributed by atoms with Crippen molar-refractivity contribution in [1.82, 2.24) is 24.5 Å². The zero-order chi connectivity index (χ0) is 20.5. The van der Waals surface area contributed by atoms with Gasteiger partial charge in [-0.3, -0.25) is 9.48 Å². The van der Waals surface area contributed by atoms with Gasteiger partial charge in [-0.05, 0) is 31.4 Å². The lowest BCUT2D eigenvalue weighted by Crippen LogP contribution is -2.41. The molecule has 1 amide bonds. The Morgan fingerprint density at radius 3 is 2.59 bits per heavy atom. The summed E-state index contributed by atoms with van der Waals surface area (Å²) in [5.41, 5.74) is 12.8. The molecule has 3 atom stereocenters. The van der Waals surface area contributed by atoms with E-state index in [0.29, 0.717) is 11.4 Å². The van der Waals surface area contributed by atoms with Crippen molar-refractivity contribution in [1.29, 1.82) is 0 Å². The number of nitrogens with two attached hydrogens (primary N) is 2.